The van der Waals surface area contributed by atoms with E-state index in [9.17, 15) is 9.59 Å². The lowest BCUT2D eigenvalue weighted by Crippen LogP contribution is -2.48. The van der Waals surface area contributed by atoms with E-state index >= 15 is 0 Å². The van der Waals surface area contributed by atoms with Crippen LogP contribution in [0.5, 0.6) is 0 Å². The van der Waals surface area contributed by atoms with E-state index in [1.807, 2.05) is 30.3 Å². The van der Waals surface area contributed by atoms with Crippen LogP contribution in [-0.4, -0.2) is 30.9 Å². The van der Waals surface area contributed by atoms with Gasteiger partial charge in [0, 0.05) is 12.5 Å². The number of carbonyl (C=O) groups is 2. The highest BCUT2D eigenvalue weighted by molar-refractivity contribution is 5.88. The summed E-state index contributed by atoms with van der Waals surface area (Å²) in [5, 5.41) is 8.87. The molecule has 122 valence electrons. The summed E-state index contributed by atoms with van der Waals surface area (Å²) in [5.41, 5.74) is 1.04. The van der Waals surface area contributed by atoms with Crippen LogP contribution in [0.15, 0.2) is 30.3 Å². The molecule has 1 atom stereocenters. The molecule has 0 aliphatic carbocycles. The van der Waals surface area contributed by atoms with Gasteiger partial charge in [0.05, 0.1) is 0 Å². The van der Waals surface area contributed by atoms with Crippen molar-refractivity contribution in [2.45, 2.75) is 32.4 Å². The predicted molar refractivity (Wildman–Crippen MR) is 88.7 cm³/mol. The highest BCUT2D eigenvalue weighted by Gasteiger charge is 2.23. The zero-order valence-electron chi connectivity index (χ0n) is 12.8. The normalized spacial score (nSPS) is 16.2. The van der Waals surface area contributed by atoms with Crippen molar-refractivity contribution in [2.24, 2.45) is 5.92 Å². The van der Waals surface area contributed by atoms with E-state index in [0.717, 1.165) is 31.5 Å². The van der Waals surface area contributed by atoms with Crippen molar-refractivity contribution in [3.63, 3.8) is 0 Å². The number of carbonyl (C=O) groups excluding carboxylic acids is 2. The van der Waals surface area contributed by atoms with E-state index in [1.54, 1.807) is 6.92 Å². The Hall–Kier alpha value is -1.59. The molecule has 1 heterocycles. The Labute approximate surface area is 137 Å². The molecule has 0 aromatic heterocycles. The van der Waals surface area contributed by atoms with Gasteiger partial charge < -0.3 is 16.0 Å². The Kier molecular flexibility index (Phi) is 7.91. The summed E-state index contributed by atoms with van der Waals surface area (Å²) in [6, 6.07) is 9.22. The van der Waals surface area contributed by atoms with Crippen molar-refractivity contribution in [2.75, 3.05) is 13.1 Å². The fraction of sp³-hybridized carbons (Fsp3) is 0.500. The molecule has 0 spiro atoms. The SMILES string of the molecule is CC(NC(=O)C1CCNCC1)C(=O)NCc1ccccc1.Cl. The molecule has 1 aliphatic rings. The van der Waals surface area contributed by atoms with Crippen LogP contribution in [0.1, 0.15) is 25.3 Å². The van der Waals surface area contributed by atoms with Gasteiger partial charge >= 0.3 is 0 Å². The van der Waals surface area contributed by atoms with Crippen molar-refractivity contribution in [1.82, 2.24) is 16.0 Å². The Morgan fingerprint density at radius 2 is 1.86 bits per heavy atom. The van der Waals surface area contributed by atoms with E-state index in [1.165, 1.54) is 0 Å². The average Bonchev–Trinajstić information content (AvgIpc) is 2.54. The summed E-state index contributed by atoms with van der Waals surface area (Å²) < 4.78 is 0. The van der Waals surface area contributed by atoms with Gasteiger partial charge in [0.15, 0.2) is 0 Å². The highest BCUT2D eigenvalue weighted by atomic mass is 35.5. The van der Waals surface area contributed by atoms with Crippen LogP contribution in [0.2, 0.25) is 0 Å². The third-order valence-corrected chi connectivity index (χ3v) is 3.77. The molecule has 3 N–H and O–H groups in total. The minimum absolute atomic E-state index is 0. The van der Waals surface area contributed by atoms with Crippen molar-refractivity contribution < 1.29 is 9.59 Å². The first-order chi connectivity index (χ1) is 10.2. The number of benzene rings is 1. The third-order valence-electron chi connectivity index (χ3n) is 3.77. The monoisotopic (exact) mass is 325 g/mol. The largest absolute Gasteiger partial charge is 0.350 e. The summed E-state index contributed by atoms with van der Waals surface area (Å²) >= 11 is 0. The molecule has 22 heavy (non-hydrogen) atoms. The number of nitrogens with one attached hydrogen (secondary N) is 3. The second-order valence-electron chi connectivity index (χ2n) is 5.46. The predicted octanol–water partition coefficient (Wildman–Crippen LogP) is 1.23. The van der Waals surface area contributed by atoms with E-state index in [4.69, 9.17) is 0 Å². The molecule has 0 bridgehead atoms. The molecule has 0 saturated carbocycles. The van der Waals surface area contributed by atoms with Crippen LogP contribution < -0.4 is 16.0 Å². The van der Waals surface area contributed by atoms with Gasteiger partial charge in [-0.3, -0.25) is 9.59 Å². The number of piperidine rings is 1. The van der Waals surface area contributed by atoms with Crippen LogP contribution in [0.3, 0.4) is 0 Å². The van der Waals surface area contributed by atoms with Gasteiger partial charge in [0.2, 0.25) is 11.8 Å². The van der Waals surface area contributed by atoms with Gasteiger partial charge in [-0.05, 0) is 38.4 Å². The molecule has 0 radical (unpaired) electrons. The van der Waals surface area contributed by atoms with Gasteiger partial charge in [-0.25, -0.2) is 0 Å². The summed E-state index contributed by atoms with van der Waals surface area (Å²) in [5.74, 6) is -0.143. The standard InChI is InChI=1S/C16H23N3O2.ClH/c1-12(19-16(21)14-7-9-17-10-8-14)15(20)18-11-13-5-3-2-4-6-13;/h2-6,12,14,17H,7-11H2,1H3,(H,18,20)(H,19,21);1H. The molecule has 1 aromatic carbocycles. The van der Waals surface area contributed by atoms with E-state index in [-0.39, 0.29) is 30.1 Å². The smallest absolute Gasteiger partial charge is 0.242 e. The summed E-state index contributed by atoms with van der Waals surface area (Å²) in [6.45, 7) is 3.94. The highest BCUT2D eigenvalue weighted by Crippen LogP contribution is 2.11. The van der Waals surface area contributed by atoms with Crippen LogP contribution in [0, 0.1) is 5.92 Å². The van der Waals surface area contributed by atoms with E-state index in [0.29, 0.717) is 6.54 Å². The molecular formula is C16H24ClN3O2. The Morgan fingerprint density at radius 1 is 1.23 bits per heavy atom. The average molecular weight is 326 g/mol. The first kappa shape index (κ1) is 18.5. The van der Waals surface area contributed by atoms with Crippen LogP contribution in [0.25, 0.3) is 0 Å². The molecule has 5 nitrogen and oxygen atoms in total. The fourth-order valence-electron chi connectivity index (χ4n) is 2.42. The number of hydrogen-bond acceptors (Lipinski definition) is 3. The molecule has 2 rings (SSSR count). The molecule has 2 amide bonds. The summed E-state index contributed by atoms with van der Waals surface area (Å²) in [7, 11) is 0. The maximum atomic E-state index is 12.1. The Balaban J connectivity index is 0.00000242. The minimum atomic E-state index is -0.504. The Morgan fingerprint density at radius 3 is 2.50 bits per heavy atom. The second kappa shape index (κ2) is 9.43. The topological polar surface area (TPSA) is 70.2 Å². The number of amides is 2. The molecule has 1 fully saturated rings. The van der Waals surface area contributed by atoms with Crippen LogP contribution in [-0.2, 0) is 16.1 Å². The zero-order chi connectivity index (χ0) is 15.1. The number of halogens is 1. The first-order valence-corrected chi connectivity index (χ1v) is 7.49. The molecular weight excluding hydrogens is 302 g/mol. The van der Waals surface area contributed by atoms with Gasteiger partial charge in [-0.2, -0.15) is 0 Å². The van der Waals surface area contributed by atoms with Gasteiger partial charge in [0.1, 0.15) is 6.04 Å². The van der Waals surface area contributed by atoms with Crippen molar-refractivity contribution in [1.29, 1.82) is 0 Å². The summed E-state index contributed by atoms with van der Waals surface area (Å²) in [6.07, 6.45) is 1.67. The lowest BCUT2D eigenvalue weighted by atomic mass is 9.97. The molecule has 1 aromatic rings. The summed E-state index contributed by atoms with van der Waals surface area (Å²) in [4.78, 5) is 24.1. The quantitative estimate of drug-likeness (QED) is 0.762. The molecule has 1 unspecified atom stereocenters. The number of hydrogen-bond donors (Lipinski definition) is 3. The molecule has 1 saturated heterocycles. The maximum Gasteiger partial charge on any atom is 0.242 e. The van der Waals surface area contributed by atoms with Crippen molar-refractivity contribution in [3.8, 4) is 0 Å². The third kappa shape index (κ3) is 5.66. The zero-order valence-corrected chi connectivity index (χ0v) is 13.6. The molecule has 1 aliphatic heterocycles. The molecule has 6 heteroatoms. The van der Waals surface area contributed by atoms with Crippen LogP contribution >= 0.6 is 12.4 Å². The lowest BCUT2D eigenvalue weighted by molar-refractivity contribution is -0.131. The van der Waals surface area contributed by atoms with Crippen molar-refractivity contribution in [3.05, 3.63) is 35.9 Å². The lowest BCUT2D eigenvalue weighted by Gasteiger charge is -2.23. The maximum absolute atomic E-state index is 12.1. The number of rotatable bonds is 5. The van der Waals surface area contributed by atoms with Gasteiger partial charge in [0.25, 0.3) is 0 Å². The van der Waals surface area contributed by atoms with E-state index < -0.39 is 6.04 Å². The first-order valence-electron chi connectivity index (χ1n) is 7.49. The van der Waals surface area contributed by atoms with Gasteiger partial charge in [-0.1, -0.05) is 30.3 Å². The minimum Gasteiger partial charge on any atom is -0.350 e. The van der Waals surface area contributed by atoms with Crippen molar-refractivity contribution >= 4 is 24.2 Å². The van der Waals surface area contributed by atoms with Gasteiger partial charge in [-0.15, -0.1) is 12.4 Å². The Bertz CT molecular complexity index is 476. The van der Waals surface area contributed by atoms with Crippen LogP contribution in [0.4, 0.5) is 0 Å². The van der Waals surface area contributed by atoms with E-state index in [2.05, 4.69) is 16.0 Å². The fourth-order valence-corrected chi connectivity index (χ4v) is 2.42. The second-order valence-corrected chi connectivity index (χ2v) is 5.46.